The third-order valence-electron chi connectivity index (χ3n) is 1.71. The van der Waals surface area contributed by atoms with Crippen LogP contribution in [0, 0.1) is 0 Å². The number of nitrogens with zero attached hydrogens (tertiary/aromatic N) is 1. The zero-order valence-electron chi connectivity index (χ0n) is 11.3. The van der Waals surface area contributed by atoms with Crippen LogP contribution in [0.5, 0.6) is 0 Å². The quantitative estimate of drug-likeness (QED) is 0.317. The summed E-state index contributed by atoms with van der Waals surface area (Å²) in [6.45, 7) is 4.78. The molecular weight excluding hydrogens is 242 g/mol. The van der Waals surface area contributed by atoms with Gasteiger partial charge in [0.25, 0.3) is 0 Å². The van der Waals surface area contributed by atoms with Crippen LogP contribution in [0.25, 0.3) is 0 Å². The molecule has 0 aromatic carbocycles. The summed E-state index contributed by atoms with van der Waals surface area (Å²) in [6, 6.07) is 0. The number of hydrogen-bond acceptors (Lipinski definition) is 7. The van der Waals surface area contributed by atoms with Crippen LogP contribution in [0.15, 0.2) is 0 Å². The van der Waals surface area contributed by atoms with Crippen molar-refractivity contribution in [2.24, 2.45) is 0 Å². The van der Waals surface area contributed by atoms with E-state index < -0.39 is 6.29 Å². The predicted octanol–water partition coefficient (Wildman–Crippen LogP) is -0.357. The number of rotatable bonds is 10. The van der Waals surface area contributed by atoms with Crippen LogP contribution in [-0.2, 0) is 9.68 Å². The smallest absolute Gasteiger partial charge is 0.151 e. The lowest BCUT2D eigenvalue weighted by molar-refractivity contribution is -0.371. The largest absolute Gasteiger partial charge is 0.394 e. The molecule has 0 fully saturated rings. The molecule has 0 bridgehead atoms. The van der Waals surface area contributed by atoms with Gasteiger partial charge < -0.3 is 20.4 Å². The van der Waals surface area contributed by atoms with Crippen molar-refractivity contribution < 1.29 is 30.1 Å². The Kier molecular flexibility index (Phi) is 18.6. The number of aliphatic hydroxyl groups excluding tert-OH is 3. The van der Waals surface area contributed by atoms with E-state index in [2.05, 4.69) is 6.92 Å². The molecule has 0 aliphatic carbocycles. The van der Waals surface area contributed by atoms with Gasteiger partial charge in [0, 0.05) is 0 Å². The summed E-state index contributed by atoms with van der Waals surface area (Å²) in [5.74, 6) is 0. The molecule has 0 aromatic rings. The van der Waals surface area contributed by atoms with Crippen LogP contribution >= 0.6 is 0 Å². The average molecular weight is 269 g/mol. The molecule has 0 aliphatic heterocycles. The molecule has 0 spiro atoms. The minimum atomic E-state index is -1.12. The molecule has 0 aliphatic rings. The second kappa shape index (κ2) is 16.7. The standard InChI is InChI=1S/C8H19NO4.C3H8O2/c1-2-3-4-9(12-7-5-10)13-8-6-11;1-2-3(4)5/h10-11H,2-8H2,1H3;3-5H,2H2,1H3. The molecule has 0 unspecified atom stereocenters. The van der Waals surface area contributed by atoms with Gasteiger partial charge in [0.1, 0.15) is 0 Å². The molecule has 7 nitrogen and oxygen atoms in total. The molecule has 0 heterocycles. The third kappa shape index (κ3) is 18.1. The highest BCUT2D eigenvalue weighted by molar-refractivity contribution is 4.35. The highest BCUT2D eigenvalue weighted by atomic mass is 16.9. The van der Waals surface area contributed by atoms with E-state index in [0.29, 0.717) is 13.0 Å². The van der Waals surface area contributed by atoms with Gasteiger partial charge in [-0.15, -0.1) is 0 Å². The second-order valence-electron chi connectivity index (χ2n) is 3.41. The minimum absolute atomic E-state index is 0.0366. The first-order valence-corrected chi connectivity index (χ1v) is 6.23. The fourth-order valence-corrected chi connectivity index (χ4v) is 0.739. The van der Waals surface area contributed by atoms with Gasteiger partial charge in [-0.25, -0.2) is 0 Å². The number of aliphatic hydroxyl groups is 4. The summed E-state index contributed by atoms with van der Waals surface area (Å²) in [4.78, 5) is 10.1. The SMILES string of the molecule is CCC(O)O.CCCCN(OCCO)OCCO. The van der Waals surface area contributed by atoms with Gasteiger partial charge in [0.2, 0.25) is 0 Å². The molecule has 0 saturated heterocycles. The van der Waals surface area contributed by atoms with Crippen molar-refractivity contribution in [1.29, 1.82) is 0 Å². The van der Waals surface area contributed by atoms with Crippen molar-refractivity contribution in [3.8, 4) is 0 Å². The molecular formula is C11H27NO6. The molecule has 4 N–H and O–H groups in total. The summed E-state index contributed by atoms with van der Waals surface area (Å²) in [5.41, 5.74) is 0. The number of hydrogen-bond donors (Lipinski definition) is 4. The fourth-order valence-electron chi connectivity index (χ4n) is 0.739. The Labute approximate surface area is 108 Å². The lowest BCUT2D eigenvalue weighted by atomic mass is 10.3. The maximum absolute atomic E-state index is 8.51. The van der Waals surface area contributed by atoms with Gasteiger partial charge in [0.05, 0.1) is 33.0 Å². The van der Waals surface area contributed by atoms with E-state index in [1.54, 1.807) is 6.92 Å². The lowest BCUT2D eigenvalue weighted by Gasteiger charge is -2.19. The van der Waals surface area contributed by atoms with Gasteiger partial charge >= 0.3 is 0 Å². The van der Waals surface area contributed by atoms with E-state index in [1.807, 2.05) is 0 Å². The third-order valence-corrected chi connectivity index (χ3v) is 1.71. The monoisotopic (exact) mass is 269 g/mol. The van der Waals surface area contributed by atoms with Crippen molar-refractivity contribution >= 4 is 0 Å². The van der Waals surface area contributed by atoms with Crippen LogP contribution in [0.1, 0.15) is 33.1 Å². The molecule has 0 radical (unpaired) electrons. The maximum Gasteiger partial charge on any atom is 0.151 e. The van der Waals surface area contributed by atoms with Gasteiger partial charge in [0.15, 0.2) is 6.29 Å². The van der Waals surface area contributed by atoms with Gasteiger partial charge in [-0.1, -0.05) is 25.5 Å². The van der Waals surface area contributed by atoms with Crippen LogP contribution < -0.4 is 0 Å². The number of hydroxylamine groups is 2. The molecule has 7 heteroatoms. The zero-order chi connectivity index (χ0) is 14.2. The van der Waals surface area contributed by atoms with E-state index in [9.17, 15) is 0 Å². The maximum atomic E-state index is 8.51. The zero-order valence-corrected chi connectivity index (χ0v) is 11.3. The molecule has 0 aromatic heterocycles. The second-order valence-corrected chi connectivity index (χ2v) is 3.41. The molecule has 0 amide bonds. The highest BCUT2D eigenvalue weighted by Crippen LogP contribution is 1.97. The normalized spacial score (nSPS) is 10.7. The van der Waals surface area contributed by atoms with Crippen LogP contribution in [-0.4, -0.2) is 64.9 Å². The van der Waals surface area contributed by atoms with E-state index in [4.69, 9.17) is 30.1 Å². The predicted molar refractivity (Wildman–Crippen MR) is 66.2 cm³/mol. The first-order valence-electron chi connectivity index (χ1n) is 6.23. The molecule has 0 rings (SSSR count). The Morgan fingerprint density at radius 2 is 1.44 bits per heavy atom. The summed E-state index contributed by atoms with van der Waals surface area (Å²) >= 11 is 0. The van der Waals surface area contributed by atoms with E-state index in [-0.39, 0.29) is 26.4 Å². The van der Waals surface area contributed by atoms with Gasteiger partial charge in [-0.3, -0.25) is 9.68 Å². The van der Waals surface area contributed by atoms with E-state index >= 15 is 0 Å². The van der Waals surface area contributed by atoms with Gasteiger partial charge in [-0.2, -0.15) is 0 Å². The van der Waals surface area contributed by atoms with Crippen LogP contribution in [0.3, 0.4) is 0 Å². The van der Waals surface area contributed by atoms with Crippen LogP contribution in [0.2, 0.25) is 0 Å². The van der Waals surface area contributed by atoms with Gasteiger partial charge in [-0.05, 0) is 12.8 Å². The Hall–Kier alpha value is -0.280. The molecule has 18 heavy (non-hydrogen) atoms. The average Bonchev–Trinajstić information content (AvgIpc) is 2.38. The van der Waals surface area contributed by atoms with E-state index in [1.165, 1.54) is 5.23 Å². The molecule has 0 atom stereocenters. The van der Waals surface area contributed by atoms with Crippen molar-refractivity contribution in [2.75, 3.05) is 33.0 Å². The summed E-state index contributed by atoms with van der Waals surface area (Å²) in [6.07, 6.45) is 1.30. The first kappa shape index (κ1) is 20.0. The van der Waals surface area contributed by atoms with Crippen molar-refractivity contribution in [3.05, 3.63) is 0 Å². The van der Waals surface area contributed by atoms with Crippen molar-refractivity contribution in [2.45, 2.75) is 39.4 Å². The lowest BCUT2D eigenvalue weighted by Crippen LogP contribution is -2.28. The minimum Gasteiger partial charge on any atom is -0.394 e. The summed E-state index contributed by atoms with van der Waals surface area (Å²) in [5, 5.41) is 34.2. The van der Waals surface area contributed by atoms with Crippen LogP contribution in [0.4, 0.5) is 0 Å². The summed E-state index contributed by atoms with van der Waals surface area (Å²) < 4.78 is 0. The number of unbranched alkanes of at least 4 members (excludes halogenated alkanes) is 1. The Balaban J connectivity index is 0. The van der Waals surface area contributed by atoms with Crippen molar-refractivity contribution in [1.82, 2.24) is 5.23 Å². The van der Waals surface area contributed by atoms with E-state index in [0.717, 1.165) is 12.8 Å². The molecule has 0 saturated carbocycles. The van der Waals surface area contributed by atoms with Crippen molar-refractivity contribution in [3.63, 3.8) is 0 Å². The first-order chi connectivity index (χ1) is 8.62. The Morgan fingerprint density at radius 3 is 1.72 bits per heavy atom. The fraction of sp³-hybridized carbons (Fsp3) is 1.00. The topological polar surface area (TPSA) is 103 Å². The molecule has 112 valence electrons. The summed E-state index contributed by atoms with van der Waals surface area (Å²) in [7, 11) is 0. The Bertz CT molecular complexity index is 128. The Morgan fingerprint density at radius 1 is 1.00 bits per heavy atom. The highest BCUT2D eigenvalue weighted by Gasteiger charge is 2.03.